The summed E-state index contributed by atoms with van der Waals surface area (Å²) in [7, 11) is 0. The van der Waals surface area contributed by atoms with E-state index in [1.165, 1.54) is 11.8 Å². The summed E-state index contributed by atoms with van der Waals surface area (Å²) in [6.07, 6.45) is 0.666. The number of nitrogens with one attached hydrogen (secondary N) is 2. The summed E-state index contributed by atoms with van der Waals surface area (Å²) < 4.78 is 13.1. The zero-order valence-electron chi connectivity index (χ0n) is 19.3. The van der Waals surface area contributed by atoms with Crippen molar-refractivity contribution in [1.82, 2.24) is 25.4 Å². The predicted octanol–water partition coefficient (Wildman–Crippen LogP) is 3.75. The molecule has 2 aromatic heterocycles. The van der Waals surface area contributed by atoms with Crippen LogP contribution in [-0.2, 0) is 22.5 Å². The van der Waals surface area contributed by atoms with Crippen molar-refractivity contribution < 1.29 is 18.7 Å². The van der Waals surface area contributed by atoms with Crippen LogP contribution in [0.25, 0.3) is 0 Å². The van der Waals surface area contributed by atoms with Gasteiger partial charge in [0, 0.05) is 24.4 Å². The maximum absolute atomic E-state index is 12.9. The first-order chi connectivity index (χ1) is 16.5. The Labute approximate surface area is 202 Å². The van der Waals surface area contributed by atoms with Gasteiger partial charge in [0.25, 0.3) is 0 Å². The molecule has 0 spiro atoms. The number of hydrogen-bond donors (Lipinski definition) is 2. The van der Waals surface area contributed by atoms with Crippen LogP contribution in [0, 0.1) is 6.92 Å². The van der Waals surface area contributed by atoms with Gasteiger partial charge in [0.1, 0.15) is 23.4 Å². The number of nitrogens with zero attached hydrogens (tertiary/aromatic N) is 3. The van der Waals surface area contributed by atoms with Crippen molar-refractivity contribution >= 4 is 23.8 Å². The van der Waals surface area contributed by atoms with Crippen LogP contribution in [0.3, 0.4) is 0 Å². The first-order valence-electron chi connectivity index (χ1n) is 11.1. The van der Waals surface area contributed by atoms with E-state index in [1.807, 2.05) is 36.6 Å². The standard InChI is InChI=1S/C24H27N5O4S/c1-4-29-19(13-16-9-7-6-8-10-16)27-28-24(29)34-14-17-20(22(30)32-5-2)21(26-23(31)25-17)18-12-11-15(3)33-18/h6-12,21H,4-5,13-14H2,1-3H3,(H2,25,26,31). The Morgan fingerprint density at radius 3 is 2.65 bits per heavy atom. The number of thioether (sulfide) groups is 1. The first-order valence-corrected chi connectivity index (χ1v) is 12.1. The van der Waals surface area contributed by atoms with E-state index in [4.69, 9.17) is 9.15 Å². The van der Waals surface area contributed by atoms with E-state index >= 15 is 0 Å². The number of aryl methyl sites for hydroxylation is 1. The number of ether oxygens (including phenoxy) is 1. The third kappa shape index (κ3) is 5.17. The summed E-state index contributed by atoms with van der Waals surface area (Å²) >= 11 is 1.40. The van der Waals surface area contributed by atoms with Gasteiger partial charge in [-0.1, -0.05) is 42.1 Å². The fourth-order valence-corrected chi connectivity index (χ4v) is 4.78. The van der Waals surface area contributed by atoms with Crippen molar-refractivity contribution in [3.05, 3.63) is 76.6 Å². The van der Waals surface area contributed by atoms with Crippen LogP contribution in [-0.4, -0.2) is 39.1 Å². The van der Waals surface area contributed by atoms with Crippen LogP contribution < -0.4 is 10.6 Å². The number of esters is 1. The molecule has 1 aliphatic rings. The maximum atomic E-state index is 12.9. The van der Waals surface area contributed by atoms with E-state index in [9.17, 15) is 9.59 Å². The smallest absolute Gasteiger partial charge is 0.338 e. The fourth-order valence-electron chi connectivity index (χ4n) is 3.79. The highest BCUT2D eigenvalue weighted by Crippen LogP contribution is 2.31. The number of carbonyl (C=O) groups excluding carboxylic acids is 2. The molecule has 1 aliphatic heterocycles. The van der Waals surface area contributed by atoms with Crippen molar-refractivity contribution in [3.8, 4) is 0 Å². The van der Waals surface area contributed by atoms with E-state index in [0.717, 1.165) is 11.4 Å². The lowest BCUT2D eigenvalue weighted by Gasteiger charge is -2.27. The molecule has 0 fully saturated rings. The van der Waals surface area contributed by atoms with Crippen molar-refractivity contribution in [2.24, 2.45) is 0 Å². The van der Waals surface area contributed by atoms with Gasteiger partial charge in [-0.15, -0.1) is 10.2 Å². The highest BCUT2D eigenvalue weighted by molar-refractivity contribution is 7.99. The van der Waals surface area contributed by atoms with E-state index in [2.05, 4.69) is 33.0 Å². The van der Waals surface area contributed by atoms with Gasteiger partial charge in [-0.25, -0.2) is 9.59 Å². The average molecular weight is 482 g/mol. The lowest BCUT2D eigenvalue weighted by molar-refractivity contribution is -0.139. The zero-order valence-corrected chi connectivity index (χ0v) is 20.1. The van der Waals surface area contributed by atoms with E-state index < -0.39 is 18.0 Å². The molecular formula is C24H27N5O4S. The summed E-state index contributed by atoms with van der Waals surface area (Å²) in [6.45, 7) is 6.50. The predicted molar refractivity (Wildman–Crippen MR) is 127 cm³/mol. The third-order valence-electron chi connectivity index (χ3n) is 5.36. The Hall–Kier alpha value is -3.53. The van der Waals surface area contributed by atoms with Crippen LogP contribution in [0.5, 0.6) is 0 Å². The average Bonchev–Trinajstić information content (AvgIpc) is 3.43. The van der Waals surface area contributed by atoms with Gasteiger partial charge in [0.2, 0.25) is 0 Å². The van der Waals surface area contributed by atoms with Crippen LogP contribution in [0.2, 0.25) is 0 Å². The van der Waals surface area contributed by atoms with Gasteiger partial charge in [-0.2, -0.15) is 0 Å². The lowest BCUT2D eigenvalue weighted by Crippen LogP contribution is -2.46. The SMILES string of the molecule is CCOC(=O)C1=C(CSc2nnc(Cc3ccccc3)n2CC)NC(=O)NC1c1ccc(C)o1. The highest BCUT2D eigenvalue weighted by atomic mass is 32.2. The number of carbonyl (C=O) groups is 2. The second kappa shape index (κ2) is 10.6. The molecule has 0 saturated heterocycles. The minimum Gasteiger partial charge on any atom is -0.464 e. The molecule has 1 unspecified atom stereocenters. The Balaban J connectivity index is 1.61. The van der Waals surface area contributed by atoms with E-state index in [0.29, 0.717) is 46.7 Å². The van der Waals surface area contributed by atoms with Crippen LogP contribution in [0.15, 0.2) is 63.3 Å². The quantitative estimate of drug-likeness (QED) is 0.354. The van der Waals surface area contributed by atoms with Gasteiger partial charge in [-0.3, -0.25) is 0 Å². The summed E-state index contributed by atoms with van der Waals surface area (Å²) in [6, 6.07) is 12.5. The number of hydrogen-bond acceptors (Lipinski definition) is 7. The lowest BCUT2D eigenvalue weighted by atomic mass is 10.0. The molecule has 178 valence electrons. The summed E-state index contributed by atoms with van der Waals surface area (Å²) in [5.41, 5.74) is 1.92. The largest absolute Gasteiger partial charge is 0.464 e. The van der Waals surface area contributed by atoms with Gasteiger partial charge >= 0.3 is 12.0 Å². The number of benzene rings is 1. The van der Waals surface area contributed by atoms with Crippen molar-refractivity contribution in [2.45, 2.75) is 44.9 Å². The molecule has 0 radical (unpaired) electrons. The molecule has 4 rings (SSSR count). The minimum atomic E-state index is -0.741. The molecular weight excluding hydrogens is 454 g/mol. The monoisotopic (exact) mass is 481 g/mol. The molecule has 3 aromatic rings. The maximum Gasteiger partial charge on any atom is 0.338 e. The molecule has 9 nitrogen and oxygen atoms in total. The molecule has 0 saturated carbocycles. The van der Waals surface area contributed by atoms with E-state index in [1.54, 1.807) is 19.1 Å². The number of amides is 2. The Kier molecular flexibility index (Phi) is 7.36. The summed E-state index contributed by atoms with van der Waals surface area (Å²) in [5.74, 6) is 1.81. The summed E-state index contributed by atoms with van der Waals surface area (Å²) in [4.78, 5) is 25.3. The fraction of sp³-hybridized carbons (Fsp3) is 0.333. The summed E-state index contributed by atoms with van der Waals surface area (Å²) in [5, 5.41) is 15.0. The van der Waals surface area contributed by atoms with Crippen molar-refractivity contribution in [1.29, 1.82) is 0 Å². The Morgan fingerprint density at radius 1 is 1.18 bits per heavy atom. The second-order valence-corrected chi connectivity index (χ2v) is 8.63. The van der Waals surface area contributed by atoms with Gasteiger partial charge in [0.15, 0.2) is 5.16 Å². The molecule has 10 heteroatoms. The topological polar surface area (TPSA) is 111 Å². The Bertz CT molecular complexity index is 1200. The third-order valence-corrected chi connectivity index (χ3v) is 6.35. The zero-order chi connectivity index (χ0) is 24.1. The molecule has 1 atom stereocenters. The van der Waals surface area contributed by atoms with Crippen molar-refractivity contribution in [2.75, 3.05) is 12.4 Å². The minimum absolute atomic E-state index is 0.216. The van der Waals surface area contributed by atoms with Crippen LogP contribution in [0.1, 0.15) is 42.8 Å². The molecule has 3 heterocycles. The molecule has 34 heavy (non-hydrogen) atoms. The molecule has 0 bridgehead atoms. The molecule has 2 amide bonds. The second-order valence-electron chi connectivity index (χ2n) is 7.69. The normalized spacial score (nSPS) is 15.7. The molecule has 2 N–H and O–H groups in total. The Morgan fingerprint density at radius 2 is 1.97 bits per heavy atom. The van der Waals surface area contributed by atoms with Crippen LogP contribution >= 0.6 is 11.8 Å². The number of urea groups is 1. The number of rotatable bonds is 9. The molecule has 1 aromatic carbocycles. The molecule has 0 aliphatic carbocycles. The van der Waals surface area contributed by atoms with Gasteiger partial charge in [-0.05, 0) is 38.5 Å². The van der Waals surface area contributed by atoms with Gasteiger partial charge < -0.3 is 24.4 Å². The van der Waals surface area contributed by atoms with Crippen molar-refractivity contribution in [3.63, 3.8) is 0 Å². The number of furan rings is 1. The first kappa shape index (κ1) is 23.6. The van der Waals surface area contributed by atoms with Crippen LogP contribution in [0.4, 0.5) is 4.79 Å². The van der Waals surface area contributed by atoms with E-state index in [-0.39, 0.29) is 6.61 Å². The highest BCUT2D eigenvalue weighted by Gasteiger charge is 2.35. The number of aromatic nitrogens is 3. The van der Waals surface area contributed by atoms with Gasteiger partial charge in [0.05, 0.1) is 12.2 Å².